The number of benzene rings is 3. The normalized spacial score (nSPS) is 12.8. The molecule has 1 aliphatic rings. The van der Waals surface area contributed by atoms with Gasteiger partial charge >= 0.3 is 0 Å². The van der Waals surface area contributed by atoms with Crippen LogP contribution in [-0.4, -0.2) is 29.8 Å². The van der Waals surface area contributed by atoms with Crippen molar-refractivity contribution in [2.24, 2.45) is 0 Å². The Hall–Kier alpha value is -4.06. The number of phenolic OH excluding ortho intramolecular Hbond substituents is 1. The molecule has 0 fully saturated rings. The Bertz CT molecular complexity index is 1260. The third kappa shape index (κ3) is 4.39. The zero-order chi connectivity index (χ0) is 24.2. The minimum absolute atomic E-state index is 0.0323. The number of phenols is 1. The number of anilines is 1. The van der Waals surface area contributed by atoms with Crippen molar-refractivity contribution in [3.05, 3.63) is 77.4 Å². The maximum Gasteiger partial charge on any atom is 0.196 e. The van der Waals surface area contributed by atoms with E-state index in [0.717, 1.165) is 24.3 Å². The molecule has 0 atom stereocenters. The first-order valence-corrected chi connectivity index (χ1v) is 11.4. The van der Waals surface area contributed by atoms with Crippen molar-refractivity contribution in [3.63, 3.8) is 0 Å². The number of aromatic hydroxyl groups is 1. The van der Waals surface area contributed by atoms with Gasteiger partial charge in [0.1, 0.15) is 17.2 Å². The average Bonchev–Trinajstić information content (AvgIpc) is 2.85. The van der Waals surface area contributed by atoms with E-state index in [4.69, 9.17) is 20.6 Å². The maximum absolute atomic E-state index is 13.4. The summed E-state index contributed by atoms with van der Waals surface area (Å²) in [7, 11) is 0. The van der Waals surface area contributed by atoms with Crippen LogP contribution in [0.2, 0.25) is 0 Å². The lowest BCUT2D eigenvalue weighted by Gasteiger charge is -2.22. The lowest BCUT2D eigenvalue weighted by molar-refractivity contribution is 0.105. The Morgan fingerprint density at radius 1 is 0.853 bits per heavy atom. The van der Waals surface area contributed by atoms with Gasteiger partial charge in [-0.15, -0.1) is 0 Å². The van der Waals surface area contributed by atoms with Crippen molar-refractivity contribution in [2.75, 3.05) is 18.9 Å². The monoisotopic (exact) mass is 456 g/mol. The Labute approximate surface area is 199 Å². The zero-order valence-electron chi connectivity index (χ0n) is 19.4. The molecule has 4 rings (SSSR count). The van der Waals surface area contributed by atoms with Gasteiger partial charge in [0.2, 0.25) is 0 Å². The Balaban J connectivity index is 1.69. The highest BCUT2D eigenvalue weighted by Gasteiger charge is 2.31. The van der Waals surface area contributed by atoms with Crippen LogP contribution < -0.4 is 15.2 Å². The number of ketones is 1. The highest BCUT2D eigenvalue weighted by molar-refractivity contribution is 6.41. The highest BCUT2D eigenvalue weighted by atomic mass is 16.5. The van der Waals surface area contributed by atoms with Gasteiger partial charge in [-0.1, -0.05) is 38.1 Å². The summed E-state index contributed by atoms with van der Waals surface area (Å²) in [4.78, 5) is 13.4. The number of nitrogens with two attached hydrogens (primary N) is 1. The van der Waals surface area contributed by atoms with Crippen LogP contribution in [0, 0.1) is 5.41 Å². The van der Waals surface area contributed by atoms with Crippen LogP contribution >= 0.6 is 0 Å². The number of carbonyl (C=O) groups excluding carboxylic acids is 1. The molecule has 1 aliphatic carbocycles. The summed E-state index contributed by atoms with van der Waals surface area (Å²) in [5.41, 5.74) is 9.07. The fourth-order valence-corrected chi connectivity index (χ4v) is 3.95. The maximum atomic E-state index is 13.4. The summed E-state index contributed by atoms with van der Waals surface area (Å²) in [6.45, 7) is 5.31. The van der Waals surface area contributed by atoms with E-state index in [1.54, 1.807) is 30.3 Å². The van der Waals surface area contributed by atoms with E-state index < -0.39 is 0 Å². The molecule has 3 aromatic carbocycles. The number of nitrogens with one attached hydrogen (secondary N) is 1. The molecule has 6 heteroatoms. The van der Waals surface area contributed by atoms with E-state index >= 15 is 0 Å². The predicted molar refractivity (Wildman–Crippen MR) is 135 cm³/mol. The molecule has 0 spiro atoms. The van der Waals surface area contributed by atoms with E-state index in [1.165, 1.54) is 6.08 Å². The van der Waals surface area contributed by atoms with Crippen LogP contribution in [-0.2, 0) is 0 Å². The van der Waals surface area contributed by atoms with Gasteiger partial charge in [0, 0.05) is 16.8 Å². The van der Waals surface area contributed by atoms with Gasteiger partial charge in [-0.2, -0.15) is 0 Å². The van der Waals surface area contributed by atoms with Crippen molar-refractivity contribution in [2.45, 2.75) is 26.7 Å². The average molecular weight is 457 g/mol. The number of Topliss-reactive ketones (excluding diaryl/α,β-unsaturated/α-hetero) is 1. The van der Waals surface area contributed by atoms with Crippen molar-refractivity contribution >= 4 is 22.8 Å². The SMILES string of the molecule is CCCOc1ccc(C2=CC(=N)c3c(O)c(-c4ccc(OCCC)cc4)cc(N)c3C2=O)cc1. The van der Waals surface area contributed by atoms with Gasteiger partial charge in [0.25, 0.3) is 0 Å². The summed E-state index contributed by atoms with van der Waals surface area (Å²) < 4.78 is 11.2. The molecule has 3 aromatic rings. The van der Waals surface area contributed by atoms with Gasteiger partial charge < -0.3 is 25.7 Å². The third-order valence-electron chi connectivity index (χ3n) is 5.64. The number of carbonyl (C=O) groups is 1. The van der Waals surface area contributed by atoms with Gasteiger partial charge in [-0.05, 0) is 60.4 Å². The fourth-order valence-electron chi connectivity index (χ4n) is 3.95. The predicted octanol–water partition coefficient (Wildman–Crippen LogP) is 5.87. The van der Waals surface area contributed by atoms with Gasteiger partial charge in [0.05, 0.1) is 30.1 Å². The van der Waals surface area contributed by atoms with Crippen molar-refractivity contribution in [1.82, 2.24) is 0 Å². The summed E-state index contributed by atoms with van der Waals surface area (Å²) in [5, 5.41) is 19.7. The summed E-state index contributed by atoms with van der Waals surface area (Å²) in [6.07, 6.45) is 3.30. The first kappa shape index (κ1) is 23.1. The number of rotatable bonds is 8. The summed E-state index contributed by atoms with van der Waals surface area (Å²) in [6, 6.07) is 16.1. The Kier molecular flexibility index (Phi) is 6.68. The van der Waals surface area contributed by atoms with Crippen molar-refractivity contribution in [1.29, 1.82) is 5.41 Å². The van der Waals surface area contributed by atoms with Crippen LogP contribution in [0.15, 0.2) is 60.7 Å². The van der Waals surface area contributed by atoms with E-state index in [0.29, 0.717) is 35.5 Å². The number of ether oxygens (including phenoxy) is 2. The molecule has 0 amide bonds. The Morgan fingerprint density at radius 2 is 1.38 bits per heavy atom. The molecule has 34 heavy (non-hydrogen) atoms. The highest BCUT2D eigenvalue weighted by Crippen LogP contribution is 2.42. The number of allylic oxidation sites excluding steroid dienone is 2. The first-order valence-electron chi connectivity index (χ1n) is 11.4. The van der Waals surface area contributed by atoms with Gasteiger partial charge in [-0.25, -0.2) is 0 Å². The van der Waals surface area contributed by atoms with Gasteiger partial charge in [0.15, 0.2) is 5.78 Å². The molecule has 0 heterocycles. The first-order chi connectivity index (χ1) is 16.4. The van der Waals surface area contributed by atoms with E-state index in [1.807, 2.05) is 38.1 Å². The molecule has 0 aliphatic heterocycles. The lowest BCUT2D eigenvalue weighted by atomic mass is 9.82. The van der Waals surface area contributed by atoms with Crippen molar-refractivity contribution < 1.29 is 19.4 Å². The van der Waals surface area contributed by atoms with Crippen molar-refractivity contribution in [3.8, 4) is 28.4 Å². The van der Waals surface area contributed by atoms with E-state index in [2.05, 4.69) is 0 Å². The van der Waals surface area contributed by atoms with Crippen LogP contribution in [0.5, 0.6) is 17.2 Å². The molecule has 0 bridgehead atoms. The fraction of sp³-hybridized carbons (Fsp3) is 0.214. The summed E-state index contributed by atoms with van der Waals surface area (Å²) in [5.74, 6) is 0.995. The molecular formula is C28H28N2O4. The van der Waals surface area contributed by atoms with Crippen LogP contribution in [0.25, 0.3) is 16.7 Å². The molecule has 4 N–H and O–H groups in total. The molecule has 174 valence electrons. The smallest absolute Gasteiger partial charge is 0.196 e. The van der Waals surface area contributed by atoms with E-state index in [9.17, 15) is 9.90 Å². The second kappa shape index (κ2) is 9.83. The lowest BCUT2D eigenvalue weighted by Crippen LogP contribution is -2.19. The third-order valence-corrected chi connectivity index (χ3v) is 5.64. The van der Waals surface area contributed by atoms with Gasteiger partial charge in [-0.3, -0.25) is 4.79 Å². The molecule has 0 saturated heterocycles. The second-order valence-corrected chi connectivity index (χ2v) is 8.16. The summed E-state index contributed by atoms with van der Waals surface area (Å²) >= 11 is 0. The zero-order valence-corrected chi connectivity index (χ0v) is 19.4. The topological polar surface area (TPSA) is 106 Å². The van der Waals surface area contributed by atoms with Crippen LogP contribution in [0.3, 0.4) is 0 Å². The van der Waals surface area contributed by atoms with Crippen LogP contribution in [0.1, 0.15) is 48.2 Å². The Morgan fingerprint density at radius 3 is 1.91 bits per heavy atom. The molecule has 0 saturated carbocycles. The number of nitrogen functional groups attached to an aromatic ring is 1. The quantitative estimate of drug-likeness (QED) is 0.290. The minimum atomic E-state index is -0.323. The number of fused-ring (bicyclic) bond motifs is 1. The standard InChI is InChI=1S/C28H28N2O4/c1-3-13-33-19-9-5-17(6-10-19)21-15-23(29)26-25(27(21)31)24(30)16-22(28(26)32)18-7-11-20(12-8-18)34-14-4-2/h5-12,15-16,29,32H,3-4,13-14,30H2,1-2H3. The van der Waals surface area contributed by atoms with Crippen LogP contribution in [0.4, 0.5) is 5.69 Å². The largest absolute Gasteiger partial charge is 0.507 e. The molecular weight excluding hydrogens is 428 g/mol. The number of hydrogen-bond acceptors (Lipinski definition) is 6. The molecule has 0 unspecified atom stereocenters. The molecule has 0 aromatic heterocycles. The second-order valence-electron chi connectivity index (χ2n) is 8.16. The number of hydrogen-bond donors (Lipinski definition) is 3. The molecule has 0 radical (unpaired) electrons. The van der Waals surface area contributed by atoms with E-state index in [-0.39, 0.29) is 34.1 Å². The minimum Gasteiger partial charge on any atom is -0.507 e. The molecule has 6 nitrogen and oxygen atoms in total.